The van der Waals surface area contributed by atoms with Crippen LogP contribution in [0.4, 0.5) is 5.69 Å². The molecule has 0 spiro atoms. The fraction of sp³-hybridized carbons (Fsp3) is 0.111. The SMILES string of the molecule is COc1cccc(/C=C(\C#N)C(=O)Nc2ccc(Cl)c(Cl)c2)c1OC. The number of nitrogens with zero attached hydrogens (tertiary/aromatic N) is 1. The molecule has 2 rings (SSSR count). The number of rotatable bonds is 5. The van der Waals surface area contributed by atoms with Gasteiger partial charge in [0, 0.05) is 11.3 Å². The molecule has 0 saturated carbocycles. The van der Waals surface area contributed by atoms with Crippen LogP contribution in [0, 0.1) is 11.3 Å². The average molecular weight is 377 g/mol. The molecule has 0 aliphatic carbocycles. The van der Waals surface area contributed by atoms with Gasteiger partial charge in [-0.1, -0.05) is 35.3 Å². The van der Waals surface area contributed by atoms with Crippen molar-refractivity contribution in [1.29, 1.82) is 5.26 Å². The molecule has 1 amide bonds. The Morgan fingerprint density at radius 3 is 2.52 bits per heavy atom. The predicted octanol–water partition coefficient (Wildman–Crippen LogP) is 4.56. The monoisotopic (exact) mass is 376 g/mol. The van der Waals surface area contributed by atoms with E-state index in [2.05, 4.69) is 5.32 Å². The van der Waals surface area contributed by atoms with Crippen LogP contribution in [0.1, 0.15) is 5.56 Å². The molecule has 0 aliphatic heterocycles. The number of carbonyl (C=O) groups excluding carboxylic acids is 1. The Hall–Kier alpha value is -2.68. The van der Waals surface area contributed by atoms with E-state index in [1.807, 2.05) is 6.07 Å². The van der Waals surface area contributed by atoms with E-state index in [1.165, 1.54) is 26.4 Å². The topological polar surface area (TPSA) is 71.3 Å². The lowest BCUT2D eigenvalue weighted by atomic mass is 10.1. The zero-order chi connectivity index (χ0) is 18.4. The van der Waals surface area contributed by atoms with Gasteiger partial charge in [0.15, 0.2) is 11.5 Å². The quantitative estimate of drug-likeness (QED) is 0.613. The van der Waals surface area contributed by atoms with Crippen LogP contribution in [0.25, 0.3) is 6.08 Å². The number of hydrogen-bond donors (Lipinski definition) is 1. The van der Waals surface area contributed by atoms with Crippen LogP contribution in [-0.2, 0) is 4.79 Å². The second-order valence-electron chi connectivity index (χ2n) is 4.84. The summed E-state index contributed by atoms with van der Waals surface area (Å²) in [5, 5.41) is 12.6. The van der Waals surface area contributed by atoms with Gasteiger partial charge in [-0.15, -0.1) is 0 Å². The minimum Gasteiger partial charge on any atom is -0.493 e. The summed E-state index contributed by atoms with van der Waals surface area (Å²) in [5.41, 5.74) is 0.874. The number of methoxy groups -OCH3 is 2. The maximum Gasteiger partial charge on any atom is 0.266 e. The summed E-state index contributed by atoms with van der Waals surface area (Å²) in [6.45, 7) is 0. The molecular weight excluding hydrogens is 363 g/mol. The molecule has 0 bridgehead atoms. The highest BCUT2D eigenvalue weighted by Crippen LogP contribution is 2.32. The zero-order valence-corrected chi connectivity index (χ0v) is 15.0. The van der Waals surface area contributed by atoms with Gasteiger partial charge in [0.05, 0.1) is 24.3 Å². The van der Waals surface area contributed by atoms with Gasteiger partial charge in [-0.3, -0.25) is 4.79 Å². The van der Waals surface area contributed by atoms with Gasteiger partial charge in [-0.25, -0.2) is 0 Å². The van der Waals surface area contributed by atoms with Gasteiger partial charge in [-0.2, -0.15) is 5.26 Å². The van der Waals surface area contributed by atoms with E-state index >= 15 is 0 Å². The van der Waals surface area contributed by atoms with E-state index in [0.717, 1.165) is 0 Å². The van der Waals surface area contributed by atoms with Crippen molar-refractivity contribution >= 4 is 40.9 Å². The molecular formula is C18H14Cl2N2O3. The molecule has 0 saturated heterocycles. The van der Waals surface area contributed by atoms with Gasteiger partial charge in [0.2, 0.25) is 0 Å². The van der Waals surface area contributed by atoms with Crippen molar-refractivity contribution in [2.75, 3.05) is 19.5 Å². The molecule has 0 atom stereocenters. The molecule has 0 unspecified atom stereocenters. The first-order valence-electron chi connectivity index (χ1n) is 7.09. The average Bonchev–Trinajstić information content (AvgIpc) is 2.62. The molecule has 2 aromatic carbocycles. The molecule has 5 nitrogen and oxygen atoms in total. The smallest absolute Gasteiger partial charge is 0.266 e. The Morgan fingerprint density at radius 1 is 1.16 bits per heavy atom. The number of amides is 1. The third kappa shape index (κ3) is 4.44. The summed E-state index contributed by atoms with van der Waals surface area (Å²) in [6, 6.07) is 11.7. The molecule has 0 heterocycles. The number of benzene rings is 2. The number of halogens is 2. The lowest BCUT2D eigenvalue weighted by Gasteiger charge is -2.10. The van der Waals surface area contributed by atoms with E-state index in [9.17, 15) is 10.1 Å². The number of nitriles is 1. The summed E-state index contributed by atoms with van der Waals surface area (Å²) < 4.78 is 10.5. The highest BCUT2D eigenvalue weighted by atomic mass is 35.5. The largest absolute Gasteiger partial charge is 0.493 e. The summed E-state index contributed by atoms with van der Waals surface area (Å²) >= 11 is 11.8. The number of carbonyl (C=O) groups is 1. The first kappa shape index (κ1) is 18.7. The van der Waals surface area contributed by atoms with E-state index < -0.39 is 5.91 Å². The first-order valence-corrected chi connectivity index (χ1v) is 7.85. The number of hydrogen-bond acceptors (Lipinski definition) is 4. The zero-order valence-electron chi connectivity index (χ0n) is 13.5. The Morgan fingerprint density at radius 2 is 1.92 bits per heavy atom. The van der Waals surface area contributed by atoms with Gasteiger partial charge >= 0.3 is 0 Å². The molecule has 128 valence electrons. The molecule has 7 heteroatoms. The van der Waals surface area contributed by atoms with Crippen LogP contribution in [-0.4, -0.2) is 20.1 Å². The molecule has 0 fully saturated rings. The van der Waals surface area contributed by atoms with Crippen molar-refractivity contribution in [2.45, 2.75) is 0 Å². The minimum atomic E-state index is -0.578. The Balaban J connectivity index is 2.33. The van der Waals surface area contributed by atoms with Gasteiger partial charge in [0.25, 0.3) is 5.91 Å². The summed E-state index contributed by atoms with van der Waals surface area (Å²) in [4.78, 5) is 12.3. The molecule has 25 heavy (non-hydrogen) atoms. The molecule has 0 aromatic heterocycles. The van der Waals surface area contributed by atoms with Gasteiger partial charge in [0.1, 0.15) is 11.6 Å². The van der Waals surface area contributed by atoms with Crippen molar-refractivity contribution in [3.05, 3.63) is 57.6 Å². The Labute approximate surface area is 155 Å². The normalized spacial score (nSPS) is 10.8. The van der Waals surface area contributed by atoms with Crippen molar-refractivity contribution in [2.24, 2.45) is 0 Å². The highest BCUT2D eigenvalue weighted by molar-refractivity contribution is 6.42. The van der Waals surface area contributed by atoms with Crippen LogP contribution >= 0.6 is 23.2 Å². The Kier molecular flexibility index (Phi) is 6.29. The fourth-order valence-corrected chi connectivity index (χ4v) is 2.40. The third-order valence-corrected chi connectivity index (χ3v) is 4.01. The third-order valence-electron chi connectivity index (χ3n) is 3.28. The molecule has 0 aliphatic rings. The lowest BCUT2D eigenvalue weighted by Crippen LogP contribution is -2.13. The standard InChI is InChI=1S/C18H14Cl2N2O3/c1-24-16-5-3-4-11(17(16)25-2)8-12(10-21)18(23)22-13-6-7-14(19)15(20)9-13/h3-9H,1-2H3,(H,22,23)/b12-8+. The van der Waals surface area contributed by atoms with Crippen molar-refractivity contribution in [3.8, 4) is 17.6 Å². The lowest BCUT2D eigenvalue weighted by molar-refractivity contribution is -0.112. The number of para-hydroxylation sites is 1. The number of anilines is 1. The van der Waals surface area contributed by atoms with Crippen molar-refractivity contribution in [3.63, 3.8) is 0 Å². The summed E-state index contributed by atoms with van der Waals surface area (Å²) in [6.07, 6.45) is 1.42. The second-order valence-corrected chi connectivity index (χ2v) is 5.65. The van der Waals surface area contributed by atoms with E-state index in [-0.39, 0.29) is 5.57 Å². The molecule has 0 radical (unpaired) electrons. The van der Waals surface area contributed by atoms with Crippen LogP contribution in [0.3, 0.4) is 0 Å². The van der Waals surface area contributed by atoms with E-state index in [4.69, 9.17) is 32.7 Å². The maximum absolute atomic E-state index is 12.3. The van der Waals surface area contributed by atoms with Gasteiger partial charge in [-0.05, 0) is 30.3 Å². The number of ether oxygens (including phenoxy) is 2. The minimum absolute atomic E-state index is 0.0994. The Bertz CT molecular complexity index is 873. The predicted molar refractivity (Wildman–Crippen MR) is 98.2 cm³/mol. The van der Waals surface area contributed by atoms with Crippen LogP contribution in [0.2, 0.25) is 10.0 Å². The molecule has 2 aromatic rings. The van der Waals surface area contributed by atoms with Crippen LogP contribution in [0.15, 0.2) is 42.0 Å². The highest BCUT2D eigenvalue weighted by Gasteiger charge is 2.14. The van der Waals surface area contributed by atoms with Crippen molar-refractivity contribution < 1.29 is 14.3 Å². The summed E-state index contributed by atoms with van der Waals surface area (Å²) in [5.74, 6) is 0.351. The van der Waals surface area contributed by atoms with E-state index in [1.54, 1.807) is 30.3 Å². The van der Waals surface area contributed by atoms with Gasteiger partial charge < -0.3 is 14.8 Å². The van der Waals surface area contributed by atoms with Crippen molar-refractivity contribution in [1.82, 2.24) is 0 Å². The maximum atomic E-state index is 12.3. The number of nitrogens with one attached hydrogen (secondary N) is 1. The van der Waals surface area contributed by atoms with E-state index in [0.29, 0.717) is 32.8 Å². The second kappa shape index (κ2) is 8.43. The first-order chi connectivity index (χ1) is 12.0. The van der Waals surface area contributed by atoms with Crippen LogP contribution in [0.5, 0.6) is 11.5 Å². The fourth-order valence-electron chi connectivity index (χ4n) is 2.10. The summed E-state index contributed by atoms with van der Waals surface area (Å²) in [7, 11) is 2.99. The van der Waals surface area contributed by atoms with Crippen LogP contribution < -0.4 is 14.8 Å². The molecule has 1 N–H and O–H groups in total.